The van der Waals surface area contributed by atoms with E-state index in [2.05, 4.69) is 10.2 Å². The number of nitrogens with zero attached hydrogens (tertiary/aromatic N) is 1. The molecule has 1 N–H and O–H groups in total. The Morgan fingerprint density at radius 1 is 1.14 bits per heavy atom. The molecule has 116 valence electrons. The Morgan fingerprint density at radius 2 is 1.86 bits per heavy atom. The van der Waals surface area contributed by atoms with Crippen LogP contribution in [-0.2, 0) is 6.54 Å². The van der Waals surface area contributed by atoms with Gasteiger partial charge in [-0.1, -0.05) is 12.1 Å². The van der Waals surface area contributed by atoms with Crippen LogP contribution in [0.3, 0.4) is 0 Å². The van der Waals surface area contributed by atoms with Crippen LogP contribution < -0.4 is 5.32 Å². The Bertz CT molecular complexity index is 471. The van der Waals surface area contributed by atoms with Gasteiger partial charge in [0.25, 0.3) is 0 Å². The van der Waals surface area contributed by atoms with Crippen molar-refractivity contribution >= 4 is 11.8 Å². The highest BCUT2D eigenvalue weighted by Crippen LogP contribution is 2.36. The fourth-order valence-corrected chi connectivity index (χ4v) is 3.34. The summed E-state index contributed by atoms with van der Waals surface area (Å²) >= 11 is -0.0638. The average molecular weight is 316 g/mol. The second-order valence-corrected chi connectivity index (χ2v) is 6.92. The fourth-order valence-electron chi connectivity index (χ4n) is 2.80. The van der Waals surface area contributed by atoms with E-state index >= 15 is 0 Å². The number of nitrogens with one attached hydrogen (secondary N) is 1. The average Bonchev–Trinajstić information content (AvgIpc) is 3.16. The van der Waals surface area contributed by atoms with Crippen LogP contribution in [0.5, 0.6) is 0 Å². The quantitative estimate of drug-likeness (QED) is 0.835. The molecule has 1 aromatic rings. The van der Waals surface area contributed by atoms with Crippen molar-refractivity contribution in [2.45, 2.75) is 48.3 Å². The van der Waals surface area contributed by atoms with E-state index in [9.17, 15) is 13.2 Å². The van der Waals surface area contributed by atoms with E-state index in [1.54, 1.807) is 24.3 Å². The van der Waals surface area contributed by atoms with Crippen LogP contribution in [0.2, 0.25) is 0 Å². The zero-order chi connectivity index (χ0) is 14.9. The number of thioether (sulfide) groups is 1. The number of benzene rings is 1. The molecule has 0 amide bonds. The predicted molar refractivity (Wildman–Crippen MR) is 78.2 cm³/mol. The van der Waals surface area contributed by atoms with Gasteiger partial charge in [-0.05, 0) is 48.7 Å². The van der Waals surface area contributed by atoms with E-state index in [4.69, 9.17) is 0 Å². The van der Waals surface area contributed by atoms with Crippen LogP contribution in [-0.4, -0.2) is 35.6 Å². The van der Waals surface area contributed by atoms with Gasteiger partial charge >= 0.3 is 5.51 Å². The van der Waals surface area contributed by atoms with Crippen molar-refractivity contribution in [3.63, 3.8) is 0 Å². The first-order chi connectivity index (χ1) is 9.99. The number of hydrogen-bond donors (Lipinski definition) is 1. The molecule has 1 aliphatic carbocycles. The standard InChI is InChI=1S/C15H19F3N2S/c16-15(17,18)21-14-5-1-11(2-6-14)9-19-12-7-8-20(10-12)13-3-4-13/h1-2,5-6,12-13,19H,3-4,7-10H2. The van der Waals surface area contributed by atoms with E-state index in [1.807, 2.05) is 0 Å². The van der Waals surface area contributed by atoms with E-state index in [-0.39, 0.29) is 16.7 Å². The molecular formula is C15H19F3N2S. The molecule has 1 atom stereocenters. The van der Waals surface area contributed by atoms with Crippen LogP contribution in [0.4, 0.5) is 13.2 Å². The van der Waals surface area contributed by atoms with Gasteiger partial charge in [-0.15, -0.1) is 0 Å². The summed E-state index contributed by atoms with van der Waals surface area (Å²) in [6.45, 7) is 3.00. The minimum Gasteiger partial charge on any atom is -0.309 e. The Hall–Kier alpha value is -0.720. The Balaban J connectivity index is 1.45. The topological polar surface area (TPSA) is 15.3 Å². The molecule has 2 aliphatic rings. The third kappa shape index (κ3) is 4.63. The zero-order valence-electron chi connectivity index (χ0n) is 11.7. The van der Waals surface area contributed by atoms with Crippen molar-refractivity contribution < 1.29 is 13.2 Å². The molecule has 1 saturated carbocycles. The number of alkyl halides is 3. The Labute approximate surface area is 127 Å². The van der Waals surface area contributed by atoms with Crippen LogP contribution in [0.25, 0.3) is 0 Å². The molecule has 2 fully saturated rings. The first kappa shape index (κ1) is 15.2. The molecule has 0 bridgehead atoms. The smallest absolute Gasteiger partial charge is 0.309 e. The van der Waals surface area contributed by atoms with Crippen molar-refractivity contribution in [3.05, 3.63) is 29.8 Å². The highest BCUT2D eigenvalue weighted by molar-refractivity contribution is 8.00. The van der Waals surface area contributed by atoms with E-state index in [1.165, 1.54) is 25.8 Å². The Morgan fingerprint density at radius 3 is 2.48 bits per heavy atom. The highest BCUT2D eigenvalue weighted by atomic mass is 32.2. The van der Waals surface area contributed by atoms with Gasteiger partial charge in [-0.25, -0.2) is 0 Å². The Kier molecular flexibility index (Phi) is 4.47. The maximum atomic E-state index is 12.2. The minimum absolute atomic E-state index is 0.0638. The van der Waals surface area contributed by atoms with Crippen molar-refractivity contribution in [1.29, 1.82) is 0 Å². The molecule has 3 rings (SSSR count). The first-order valence-corrected chi connectivity index (χ1v) is 8.13. The largest absolute Gasteiger partial charge is 0.446 e. The van der Waals surface area contributed by atoms with Crippen LogP contribution in [0.1, 0.15) is 24.8 Å². The molecule has 2 nitrogen and oxygen atoms in total. The molecule has 1 saturated heterocycles. The van der Waals surface area contributed by atoms with Crippen molar-refractivity contribution in [1.82, 2.24) is 10.2 Å². The molecule has 0 spiro atoms. The van der Waals surface area contributed by atoms with E-state index in [0.717, 1.165) is 24.7 Å². The maximum Gasteiger partial charge on any atom is 0.446 e. The zero-order valence-corrected chi connectivity index (χ0v) is 12.5. The van der Waals surface area contributed by atoms with Crippen molar-refractivity contribution in [3.8, 4) is 0 Å². The second-order valence-electron chi connectivity index (χ2n) is 5.78. The summed E-state index contributed by atoms with van der Waals surface area (Å²) in [6.07, 6.45) is 3.84. The van der Waals surface area contributed by atoms with Gasteiger partial charge in [0.15, 0.2) is 0 Å². The SMILES string of the molecule is FC(F)(F)Sc1ccc(CNC2CCN(C3CC3)C2)cc1. The van der Waals surface area contributed by atoms with Gasteiger partial charge < -0.3 is 5.32 Å². The lowest BCUT2D eigenvalue weighted by Crippen LogP contribution is -2.32. The summed E-state index contributed by atoms with van der Waals surface area (Å²) in [4.78, 5) is 2.79. The third-order valence-electron chi connectivity index (χ3n) is 4.03. The molecule has 1 unspecified atom stereocenters. The number of halogens is 3. The van der Waals surface area contributed by atoms with Crippen LogP contribution >= 0.6 is 11.8 Å². The molecule has 6 heteroatoms. The van der Waals surface area contributed by atoms with E-state index < -0.39 is 5.51 Å². The molecule has 0 radical (unpaired) electrons. The third-order valence-corrected chi connectivity index (χ3v) is 4.77. The normalized spacial score (nSPS) is 23.7. The lowest BCUT2D eigenvalue weighted by molar-refractivity contribution is -0.0328. The monoisotopic (exact) mass is 316 g/mol. The van der Waals surface area contributed by atoms with Gasteiger partial charge in [0.2, 0.25) is 0 Å². The summed E-state index contributed by atoms with van der Waals surface area (Å²) in [7, 11) is 0. The number of rotatable bonds is 5. The summed E-state index contributed by atoms with van der Waals surface area (Å²) in [6, 6.07) is 7.95. The van der Waals surface area contributed by atoms with Gasteiger partial charge in [-0.2, -0.15) is 13.2 Å². The lowest BCUT2D eigenvalue weighted by Gasteiger charge is -2.16. The van der Waals surface area contributed by atoms with Gasteiger partial charge in [0, 0.05) is 36.6 Å². The first-order valence-electron chi connectivity index (χ1n) is 7.32. The van der Waals surface area contributed by atoms with Gasteiger partial charge in [0.05, 0.1) is 0 Å². The molecule has 0 aromatic heterocycles. The highest BCUT2D eigenvalue weighted by Gasteiger charge is 2.34. The van der Waals surface area contributed by atoms with E-state index in [0.29, 0.717) is 6.04 Å². The predicted octanol–water partition coefficient (Wildman–Crippen LogP) is 3.62. The second kappa shape index (κ2) is 6.18. The summed E-state index contributed by atoms with van der Waals surface area (Å²) < 4.78 is 36.7. The molecule has 21 heavy (non-hydrogen) atoms. The molecule has 1 aliphatic heterocycles. The molecular weight excluding hydrogens is 297 g/mol. The number of likely N-dealkylation sites (tertiary alicyclic amines) is 1. The summed E-state index contributed by atoms with van der Waals surface area (Å²) in [5, 5.41) is 3.51. The summed E-state index contributed by atoms with van der Waals surface area (Å²) in [5.41, 5.74) is -3.18. The molecule has 1 aromatic carbocycles. The lowest BCUT2D eigenvalue weighted by atomic mass is 10.2. The fraction of sp³-hybridized carbons (Fsp3) is 0.600. The summed E-state index contributed by atoms with van der Waals surface area (Å²) in [5.74, 6) is 0. The van der Waals surface area contributed by atoms with Crippen molar-refractivity contribution in [2.24, 2.45) is 0 Å². The van der Waals surface area contributed by atoms with Crippen LogP contribution in [0.15, 0.2) is 29.2 Å². The van der Waals surface area contributed by atoms with Crippen LogP contribution in [0, 0.1) is 0 Å². The van der Waals surface area contributed by atoms with Crippen molar-refractivity contribution in [2.75, 3.05) is 13.1 Å². The van der Waals surface area contributed by atoms with Gasteiger partial charge in [0.1, 0.15) is 0 Å². The van der Waals surface area contributed by atoms with Gasteiger partial charge in [-0.3, -0.25) is 4.90 Å². The number of hydrogen-bond acceptors (Lipinski definition) is 3. The molecule has 1 heterocycles. The minimum atomic E-state index is -4.21. The maximum absolute atomic E-state index is 12.2.